The van der Waals surface area contributed by atoms with Crippen LogP contribution in [0.1, 0.15) is 28.4 Å². The number of hydrogen-bond acceptors (Lipinski definition) is 2. The number of amides is 1. The number of anilines is 1. The minimum absolute atomic E-state index is 0.150. The van der Waals surface area contributed by atoms with Crippen LogP contribution in [0.3, 0.4) is 0 Å². The van der Waals surface area contributed by atoms with E-state index in [1.54, 1.807) is 12.1 Å². The summed E-state index contributed by atoms with van der Waals surface area (Å²) >= 11 is 0. The van der Waals surface area contributed by atoms with Crippen LogP contribution in [0.2, 0.25) is 0 Å². The third-order valence-corrected chi connectivity index (χ3v) is 3.69. The first-order valence-corrected chi connectivity index (χ1v) is 6.69. The number of carbonyl (C=O) groups excluding carboxylic acids is 1. The van der Waals surface area contributed by atoms with Crippen molar-refractivity contribution in [2.24, 2.45) is 5.73 Å². The first-order valence-electron chi connectivity index (χ1n) is 6.69. The zero-order valence-corrected chi connectivity index (χ0v) is 11.2. The molecule has 108 valence electrons. The Labute approximate surface area is 121 Å². The van der Waals surface area contributed by atoms with Crippen LogP contribution < -0.4 is 10.6 Å². The maximum atomic E-state index is 13.8. The van der Waals surface area contributed by atoms with Crippen molar-refractivity contribution in [3.63, 3.8) is 0 Å². The van der Waals surface area contributed by atoms with Crippen molar-refractivity contribution in [2.75, 3.05) is 11.4 Å². The largest absolute Gasteiger partial charge is 0.324 e. The number of rotatable bonds is 1. The molecule has 21 heavy (non-hydrogen) atoms. The number of hydrogen-bond donors (Lipinski definition) is 1. The van der Waals surface area contributed by atoms with Crippen LogP contribution in [0, 0.1) is 11.6 Å². The van der Waals surface area contributed by atoms with Crippen LogP contribution in [0.5, 0.6) is 0 Å². The molecular formula is C16H14F2N2O. The minimum atomic E-state index is -0.728. The molecule has 0 spiro atoms. The van der Waals surface area contributed by atoms with E-state index in [0.29, 0.717) is 18.7 Å². The summed E-state index contributed by atoms with van der Waals surface area (Å²) in [5.41, 5.74) is 7.26. The molecular weight excluding hydrogens is 274 g/mol. The Hall–Kier alpha value is -2.27. The van der Waals surface area contributed by atoms with Gasteiger partial charge >= 0.3 is 0 Å². The third-order valence-electron chi connectivity index (χ3n) is 3.69. The highest BCUT2D eigenvalue weighted by Crippen LogP contribution is 2.33. The van der Waals surface area contributed by atoms with Gasteiger partial charge < -0.3 is 10.6 Å². The Balaban J connectivity index is 2.03. The van der Waals surface area contributed by atoms with Gasteiger partial charge in [-0.05, 0) is 36.2 Å². The van der Waals surface area contributed by atoms with Gasteiger partial charge in [0.1, 0.15) is 11.6 Å². The standard InChI is InChI=1S/C16H14F2N2O/c17-10-5-6-13(18)12(9-10)16(21)20-8-7-14(19)11-3-1-2-4-15(11)20/h1-6,9,14H,7-8,19H2. The second kappa shape index (κ2) is 5.26. The summed E-state index contributed by atoms with van der Waals surface area (Å²) in [5.74, 6) is -1.91. The Kier molecular flexibility index (Phi) is 3.43. The lowest BCUT2D eigenvalue weighted by molar-refractivity contribution is 0.0980. The lowest BCUT2D eigenvalue weighted by atomic mass is 9.96. The molecule has 0 saturated heterocycles. The lowest BCUT2D eigenvalue weighted by Gasteiger charge is -2.32. The molecule has 2 N–H and O–H groups in total. The second-order valence-electron chi connectivity index (χ2n) is 5.03. The highest BCUT2D eigenvalue weighted by Gasteiger charge is 2.28. The molecule has 0 saturated carbocycles. The van der Waals surface area contributed by atoms with E-state index in [0.717, 1.165) is 23.8 Å². The number of halogens is 2. The first kappa shape index (κ1) is 13.7. The predicted octanol–water partition coefficient (Wildman–Crippen LogP) is 3.02. The van der Waals surface area contributed by atoms with Crippen molar-refractivity contribution in [2.45, 2.75) is 12.5 Å². The molecule has 0 aliphatic carbocycles. The molecule has 1 heterocycles. The quantitative estimate of drug-likeness (QED) is 0.876. The molecule has 1 aliphatic heterocycles. The smallest absolute Gasteiger partial charge is 0.261 e. The van der Waals surface area contributed by atoms with Gasteiger partial charge in [0.25, 0.3) is 5.91 Å². The number of fused-ring (bicyclic) bond motifs is 1. The minimum Gasteiger partial charge on any atom is -0.324 e. The summed E-state index contributed by atoms with van der Waals surface area (Å²) in [4.78, 5) is 14.0. The van der Waals surface area contributed by atoms with Crippen molar-refractivity contribution in [1.29, 1.82) is 0 Å². The molecule has 0 fully saturated rings. The van der Waals surface area contributed by atoms with Crippen molar-refractivity contribution >= 4 is 11.6 Å². The third kappa shape index (κ3) is 2.40. The zero-order valence-electron chi connectivity index (χ0n) is 11.2. The molecule has 1 unspecified atom stereocenters. The van der Waals surface area contributed by atoms with Gasteiger partial charge in [-0.2, -0.15) is 0 Å². The Morgan fingerprint density at radius 1 is 1.19 bits per heavy atom. The SMILES string of the molecule is NC1CCN(C(=O)c2cc(F)ccc2F)c2ccccc21. The Morgan fingerprint density at radius 2 is 1.95 bits per heavy atom. The molecule has 1 aliphatic rings. The van der Waals surface area contributed by atoms with Crippen LogP contribution in [0.25, 0.3) is 0 Å². The fourth-order valence-electron chi connectivity index (χ4n) is 2.61. The molecule has 0 radical (unpaired) electrons. The molecule has 1 atom stereocenters. The number of nitrogens with two attached hydrogens (primary N) is 1. The predicted molar refractivity (Wildman–Crippen MR) is 76.0 cm³/mol. The maximum absolute atomic E-state index is 13.8. The van der Waals surface area contributed by atoms with Gasteiger partial charge in [-0.15, -0.1) is 0 Å². The maximum Gasteiger partial charge on any atom is 0.261 e. The summed E-state index contributed by atoms with van der Waals surface area (Å²) in [7, 11) is 0. The fourth-order valence-corrected chi connectivity index (χ4v) is 2.61. The molecule has 0 aromatic heterocycles. The highest BCUT2D eigenvalue weighted by molar-refractivity contribution is 6.07. The fraction of sp³-hybridized carbons (Fsp3) is 0.188. The second-order valence-corrected chi connectivity index (χ2v) is 5.03. The lowest BCUT2D eigenvalue weighted by Crippen LogP contribution is -2.38. The van der Waals surface area contributed by atoms with Crippen molar-refractivity contribution in [3.8, 4) is 0 Å². The monoisotopic (exact) mass is 288 g/mol. The number of carbonyl (C=O) groups is 1. The summed E-state index contributed by atoms with van der Waals surface area (Å²) in [5, 5.41) is 0. The van der Waals surface area contributed by atoms with Gasteiger partial charge in [-0.3, -0.25) is 4.79 Å². The van der Waals surface area contributed by atoms with E-state index >= 15 is 0 Å². The van der Waals surface area contributed by atoms with Crippen LogP contribution >= 0.6 is 0 Å². The van der Waals surface area contributed by atoms with E-state index in [-0.39, 0.29) is 11.6 Å². The Bertz CT molecular complexity index is 702. The summed E-state index contributed by atoms with van der Waals surface area (Å²) in [6.45, 7) is 0.382. The molecule has 2 aromatic rings. The van der Waals surface area contributed by atoms with Gasteiger partial charge in [0, 0.05) is 18.3 Å². The van der Waals surface area contributed by atoms with E-state index in [1.165, 1.54) is 4.90 Å². The Morgan fingerprint density at radius 3 is 2.76 bits per heavy atom. The van der Waals surface area contributed by atoms with E-state index in [1.807, 2.05) is 12.1 Å². The molecule has 2 aromatic carbocycles. The first-order chi connectivity index (χ1) is 10.1. The van der Waals surface area contributed by atoms with Crippen LogP contribution in [-0.2, 0) is 0 Å². The molecule has 5 heteroatoms. The normalized spacial score (nSPS) is 17.5. The van der Waals surface area contributed by atoms with Gasteiger partial charge in [-0.25, -0.2) is 8.78 Å². The van der Waals surface area contributed by atoms with Crippen LogP contribution in [-0.4, -0.2) is 12.5 Å². The summed E-state index contributed by atoms with van der Waals surface area (Å²) in [6.07, 6.45) is 0.583. The number of nitrogens with zero attached hydrogens (tertiary/aromatic N) is 1. The van der Waals surface area contributed by atoms with Crippen molar-refractivity contribution in [3.05, 3.63) is 65.2 Å². The summed E-state index contributed by atoms with van der Waals surface area (Å²) < 4.78 is 27.1. The van der Waals surface area contributed by atoms with Gasteiger partial charge in [0.05, 0.1) is 5.56 Å². The van der Waals surface area contributed by atoms with E-state index in [4.69, 9.17) is 5.73 Å². The van der Waals surface area contributed by atoms with E-state index < -0.39 is 17.5 Å². The van der Waals surface area contributed by atoms with Crippen molar-refractivity contribution in [1.82, 2.24) is 0 Å². The molecule has 3 nitrogen and oxygen atoms in total. The molecule has 3 rings (SSSR count). The zero-order chi connectivity index (χ0) is 15.0. The van der Waals surface area contributed by atoms with Gasteiger partial charge in [0.2, 0.25) is 0 Å². The molecule has 1 amide bonds. The van der Waals surface area contributed by atoms with E-state index in [2.05, 4.69) is 0 Å². The summed E-state index contributed by atoms with van der Waals surface area (Å²) in [6, 6.07) is 9.98. The van der Waals surface area contributed by atoms with Gasteiger partial charge in [-0.1, -0.05) is 18.2 Å². The van der Waals surface area contributed by atoms with Crippen molar-refractivity contribution < 1.29 is 13.6 Å². The average molecular weight is 288 g/mol. The topological polar surface area (TPSA) is 46.3 Å². The highest BCUT2D eigenvalue weighted by atomic mass is 19.1. The number of para-hydroxylation sites is 1. The number of benzene rings is 2. The average Bonchev–Trinajstić information content (AvgIpc) is 2.50. The molecule has 0 bridgehead atoms. The van der Waals surface area contributed by atoms with Gasteiger partial charge in [0.15, 0.2) is 0 Å². The van der Waals surface area contributed by atoms with Crippen LogP contribution in [0.15, 0.2) is 42.5 Å². The van der Waals surface area contributed by atoms with Crippen LogP contribution in [0.4, 0.5) is 14.5 Å². The van der Waals surface area contributed by atoms with E-state index in [9.17, 15) is 13.6 Å².